The molecular formula is C24H16Cl2N4O. The SMILES string of the molecule is Cc1ccc(-c2c/c(=N\Nc3ncnc4ccccc34)c3cc(Cl)cc(Cl)c3o2)cc1. The van der Waals surface area contributed by atoms with Crippen LogP contribution < -0.4 is 10.8 Å². The number of aromatic nitrogens is 2. The lowest BCUT2D eigenvalue weighted by molar-refractivity contribution is 0.618. The van der Waals surface area contributed by atoms with E-state index in [0.29, 0.717) is 37.9 Å². The highest BCUT2D eigenvalue weighted by Gasteiger charge is 2.11. The molecule has 0 saturated heterocycles. The summed E-state index contributed by atoms with van der Waals surface area (Å²) in [6, 6.07) is 21.1. The summed E-state index contributed by atoms with van der Waals surface area (Å²) >= 11 is 12.7. The van der Waals surface area contributed by atoms with Crippen LogP contribution in [-0.4, -0.2) is 9.97 Å². The monoisotopic (exact) mass is 446 g/mol. The van der Waals surface area contributed by atoms with Crippen molar-refractivity contribution in [3.8, 4) is 11.3 Å². The number of para-hydroxylation sites is 1. The van der Waals surface area contributed by atoms with Crippen LogP contribution in [0.15, 0.2) is 82.6 Å². The summed E-state index contributed by atoms with van der Waals surface area (Å²) in [5.74, 6) is 1.24. The fraction of sp³-hybridized carbons (Fsp3) is 0.0417. The molecule has 5 rings (SSSR count). The van der Waals surface area contributed by atoms with Gasteiger partial charge in [-0.15, -0.1) is 0 Å². The Morgan fingerprint density at radius 2 is 1.71 bits per heavy atom. The van der Waals surface area contributed by atoms with E-state index in [1.54, 1.807) is 12.1 Å². The molecule has 0 aliphatic heterocycles. The molecule has 3 aromatic carbocycles. The van der Waals surface area contributed by atoms with Crippen molar-refractivity contribution >= 4 is 50.9 Å². The molecule has 2 heterocycles. The number of nitrogens with zero attached hydrogens (tertiary/aromatic N) is 3. The van der Waals surface area contributed by atoms with Gasteiger partial charge in [-0.1, -0.05) is 65.2 Å². The molecular weight excluding hydrogens is 431 g/mol. The van der Waals surface area contributed by atoms with Crippen molar-refractivity contribution in [1.82, 2.24) is 9.97 Å². The smallest absolute Gasteiger partial charge is 0.157 e. The zero-order chi connectivity index (χ0) is 21.4. The quantitative estimate of drug-likeness (QED) is 0.317. The van der Waals surface area contributed by atoms with Gasteiger partial charge < -0.3 is 4.42 Å². The molecule has 0 spiro atoms. The standard InChI is InChI=1S/C24H16Cl2N4O/c1-14-6-8-15(9-7-14)22-12-21(18-10-16(25)11-19(26)23(18)31-22)29-30-24-17-4-2-3-5-20(17)27-13-28-24/h2-13H,1H3,(H,27,28,30)/b29-21+. The Labute approximate surface area is 188 Å². The Balaban J connectivity index is 1.71. The lowest BCUT2D eigenvalue weighted by Gasteiger charge is -2.08. The van der Waals surface area contributed by atoms with E-state index < -0.39 is 0 Å². The minimum atomic E-state index is 0.417. The minimum Gasteiger partial charge on any atom is -0.454 e. The Bertz CT molecular complexity index is 1490. The fourth-order valence-corrected chi connectivity index (χ4v) is 3.89. The van der Waals surface area contributed by atoms with E-state index in [9.17, 15) is 0 Å². The van der Waals surface area contributed by atoms with Crippen LogP contribution in [0.4, 0.5) is 5.82 Å². The van der Waals surface area contributed by atoms with Gasteiger partial charge in [-0.25, -0.2) is 9.97 Å². The number of hydrogen-bond donors (Lipinski definition) is 1. The molecule has 1 N–H and O–H groups in total. The van der Waals surface area contributed by atoms with Crippen molar-refractivity contribution in [1.29, 1.82) is 0 Å². The molecule has 5 aromatic rings. The normalized spacial score (nSPS) is 11.9. The third-order valence-electron chi connectivity index (χ3n) is 4.93. The zero-order valence-corrected chi connectivity index (χ0v) is 17.9. The third-order valence-corrected chi connectivity index (χ3v) is 5.42. The molecule has 5 nitrogen and oxygen atoms in total. The van der Waals surface area contributed by atoms with Gasteiger partial charge in [-0.05, 0) is 31.2 Å². The molecule has 0 fully saturated rings. The highest BCUT2D eigenvalue weighted by molar-refractivity contribution is 6.38. The lowest BCUT2D eigenvalue weighted by Crippen LogP contribution is -2.08. The van der Waals surface area contributed by atoms with Gasteiger partial charge in [-0.3, -0.25) is 5.43 Å². The summed E-state index contributed by atoms with van der Waals surface area (Å²) in [4.78, 5) is 8.62. The first kappa shape index (κ1) is 19.5. The van der Waals surface area contributed by atoms with Gasteiger partial charge in [0.1, 0.15) is 12.1 Å². The molecule has 0 atom stereocenters. The van der Waals surface area contributed by atoms with Gasteiger partial charge in [0.15, 0.2) is 11.4 Å². The summed E-state index contributed by atoms with van der Waals surface area (Å²) in [6.07, 6.45) is 1.50. The molecule has 0 aliphatic carbocycles. The van der Waals surface area contributed by atoms with Crippen LogP contribution in [0.2, 0.25) is 10.0 Å². The van der Waals surface area contributed by atoms with Gasteiger partial charge in [0.25, 0.3) is 0 Å². The molecule has 0 aliphatic rings. The highest BCUT2D eigenvalue weighted by Crippen LogP contribution is 2.30. The van der Waals surface area contributed by atoms with Gasteiger partial charge in [0, 0.05) is 27.4 Å². The van der Waals surface area contributed by atoms with E-state index in [0.717, 1.165) is 22.0 Å². The molecule has 0 saturated carbocycles. The number of anilines is 1. The molecule has 7 heteroatoms. The summed E-state index contributed by atoms with van der Waals surface area (Å²) in [5.41, 5.74) is 6.49. The number of benzene rings is 3. The number of hydrogen-bond acceptors (Lipinski definition) is 5. The van der Waals surface area contributed by atoms with E-state index >= 15 is 0 Å². The molecule has 152 valence electrons. The molecule has 0 unspecified atom stereocenters. The Morgan fingerprint density at radius 3 is 2.55 bits per heavy atom. The maximum atomic E-state index is 6.45. The van der Waals surface area contributed by atoms with Crippen molar-refractivity contribution in [2.24, 2.45) is 5.10 Å². The maximum Gasteiger partial charge on any atom is 0.157 e. The van der Waals surface area contributed by atoms with E-state index in [1.165, 1.54) is 6.33 Å². The second kappa shape index (κ2) is 8.02. The molecule has 0 bridgehead atoms. The van der Waals surface area contributed by atoms with Gasteiger partial charge in [0.05, 0.1) is 15.9 Å². The Kier molecular flexibility index (Phi) is 5.06. The fourth-order valence-electron chi connectivity index (χ4n) is 3.36. The van der Waals surface area contributed by atoms with Crippen molar-refractivity contribution in [3.63, 3.8) is 0 Å². The van der Waals surface area contributed by atoms with Crippen LogP contribution in [0.25, 0.3) is 33.2 Å². The number of rotatable bonds is 3. The lowest BCUT2D eigenvalue weighted by atomic mass is 10.1. The van der Waals surface area contributed by atoms with Crippen molar-refractivity contribution in [2.45, 2.75) is 6.92 Å². The van der Waals surface area contributed by atoms with E-state index in [-0.39, 0.29) is 0 Å². The van der Waals surface area contributed by atoms with E-state index in [1.807, 2.05) is 61.5 Å². The summed E-state index contributed by atoms with van der Waals surface area (Å²) in [5, 5.41) is 7.73. The average Bonchev–Trinajstić information content (AvgIpc) is 2.78. The molecule has 0 amide bonds. The van der Waals surface area contributed by atoms with Crippen molar-refractivity contribution in [2.75, 3.05) is 5.43 Å². The maximum absolute atomic E-state index is 6.45. The number of halogens is 2. The van der Waals surface area contributed by atoms with Gasteiger partial charge >= 0.3 is 0 Å². The summed E-state index contributed by atoms with van der Waals surface area (Å²) in [6.45, 7) is 2.04. The first-order valence-electron chi connectivity index (χ1n) is 9.58. The van der Waals surface area contributed by atoms with Gasteiger partial charge in [-0.2, -0.15) is 5.10 Å². The first-order valence-corrected chi connectivity index (χ1v) is 10.3. The van der Waals surface area contributed by atoms with Crippen molar-refractivity contribution in [3.05, 3.63) is 94.0 Å². The van der Waals surface area contributed by atoms with Crippen molar-refractivity contribution < 1.29 is 4.42 Å². The molecule has 2 aromatic heterocycles. The van der Waals surface area contributed by atoms with Crippen LogP contribution in [0.3, 0.4) is 0 Å². The second-order valence-corrected chi connectivity index (χ2v) is 7.93. The minimum absolute atomic E-state index is 0.417. The van der Waals surface area contributed by atoms with E-state index in [4.69, 9.17) is 27.6 Å². The second-order valence-electron chi connectivity index (χ2n) is 7.09. The van der Waals surface area contributed by atoms with Crippen LogP contribution in [0.1, 0.15) is 5.56 Å². The largest absolute Gasteiger partial charge is 0.454 e. The number of aryl methyl sites for hydroxylation is 1. The first-order chi connectivity index (χ1) is 15.1. The molecule has 31 heavy (non-hydrogen) atoms. The number of nitrogens with one attached hydrogen (secondary N) is 1. The van der Waals surface area contributed by atoms with E-state index in [2.05, 4.69) is 20.5 Å². The zero-order valence-electron chi connectivity index (χ0n) is 16.4. The third kappa shape index (κ3) is 3.85. The van der Waals surface area contributed by atoms with Gasteiger partial charge in [0.2, 0.25) is 0 Å². The summed E-state index contributed by atoms with van der Waals surface area (Å²) < 4.78 is 6.13. The topological polar surface area (TPSA) is 63.3 Å². The summed E-state index contributed by atoms with van der Waals surface area (Å²) in [7, 11) is 0. The predicted octanol–water partition coefficient (Wildman–Crippen LogP) is 6.59. The highest BCUT2D eigenvalue weighted by atomic mass is 35.5. The molecule has 0 radical (unpaired) electrons. The van der Waals surface area contributed by atoms with Crippen LogP contribution in [-0.2, 0) is 0 Å². The average molecular weight is 447 g/mol. The Hall–Kier alpha value is -3.41. The Morgan fingerprint density at radius 1 is 0.903 bits per heavy atom. The predicted molar refractivity (Wildman–Crippen MR) is 125 cm³/mol. The number of fused-ring (bicyclic) bond motifs is 2. The van der Waals surface area contributed by atoms with Crippen LogP contribution in [0.5, 0.6) is 0 Å². The van der Waals surface area contributed by atoms with Crippen LogP contribution in [0, 0.1) is 6.92 Å². The van der Waals surface area contributed by atoms with Crippen LogP contribution >= 0.6 is 23.2 Å².